The number of fused-ring (bicyclic) bond motifs is 1. The molecule has 0 aromatic heterocycles. The molecule has 0 spiro atoms. The Morgan fingerprint density at radius 2 is 0.837 bits per heavy atom. The van der Waals surface area contributed by atoms with E-state index in [1.54, 1.807) is 0 Å². The van der Waals surface area contributed by atoms with E-state index in [1.807, 2.05) is 0 Å². The van der Waals surface area contributed by atoms with Crippen molar-refractivity contribution in [1.82, 2.24) is 0 Å². The van der Waals surface area contributed by atoms with E-state index < -0.39 is 0 Å². The van der Waals surface area contributed by atoms with Crippen molar-refractivity contribution in [2.24, 2.45) is 5.92 Å². The smallest absolute Gasteiger partial charge is 0.0908 e. The average Bonchev–Trinajstić information content (AvgIpc) is 3.44. The van der Waals surface area contributed by atoms with Crippen LogP contribution in [0.4, 0.5) is 0 Å². The molecule has 1 N–H and O–H groups in total. The first-order valence-electron chi connectivity index (χ1n) is 18.6. The third kappa shape index (κ3) is 16.1. The summed E-state index contributed by atoms with van der Waals surface area (Å²) in [6.45, 7) is 22.3. The zero-order chi connectivity index (χ0) is 35.1. The van der Waals surface area contributed by atoms with E-state index in [2.05, 4.69) is 34.6 Å². The molecule has 3 heterocycles. The monoisotopic (exact) mass is 742 g/mol. The second-order valence-electron chi connectivity index (χ2n) is 12.9. The second-order valence-corrected chi connectivity index (χ2v) is 19.1. The van der Waals surface area contributed by atoms with E-state index in [9.17, 15) is 0 Å². The van der Waals surface area contributed by atoms with Gasteiger partial charge in [-0.15, -0.1) is 0 Å². The second kappa shape index (κ2) is 27.0. The van der Waals surface area contributed by atoms with Gasteiger partial charge in [0.25, 0.3) is 0 Å². The molecular weight excluding hydrogens is 674 g/mol. The van der Waals surface area contributed by atoms with E-state index in [0.29, 0.717) is 154 Å². The summed E-state index contributed by atoms with van der Waals surface area (Å²) < 4.78 is 64.1. The minimum atomic E-state index is -0.259. The number of aliphatic hydroxyl groups is 1. The summed E-state index contributed by atoms with van der Waals surface area (Å²) >= 11 is 0. The largest absolute Gasteiger partial charge is 0.394 e. The van der Waals surface area contributed by atoms with E-state index in [4.69, 9.17) is 57.2 Å². The molecule has 3 aliphatic heterocycles. The number of aliphatic hydroxyl groups excluding tert-OH is 1. The molecular formula is C35H68O12P2. The van der Waals surface area contributed by atoms with Crippen molar-refractivity contribution in [3.63, 3.8) is 0 Å². The molecule has 0 aromatic rings. The molecule has 49 heavy (non-hydrogen) atoms. The Labute approximate surface area is 298 Å². The zero-order valence-corrected chi connectivity index (χ0v) is 32.8. The SMILES string of the molecule is C[C@H]1[C@H](OCCOCCOCCOCCOCCO)[C@H](C)P(CCP2[C@@H](C)[C@H]3OCCOCCOCCOCCOCCO[C@@H]3[C@@H]2C)[C@H]1C. The van der Waals surface area contributed by atoms with Crippen LogP contribution in [0.2, 0.25) is 0 Å². The Hall–Kier alpha value is 0.380. The molecule has 0 bridgehead atoms. The maximum Gasteiger partial charge on any atom is 0.0908 e. The predicted molar refractivity (Wildman–Crippen MR) is 193 cm³/mol. The highest BCUT2D eigenvalue weighted by atomic mass is 31.1. The van der Waals surface area contributed by atoms with Crippen LogP contribution in [-0.2, 0) is 52.1 Å². The Morgan fingerprint density at radius 3 is 1.27 bits per heavy atom. The fourth-order valence-corrected chi connectivity index (χ4v) is 14.7. The van der Waals surface area contributed by atoms with E-state index in [0.717, 1.165) is 0 Å². The van der Waals surface area contributed by atoms with Crippen LogP contribution >= 0.6 is 15.8 Å². The first-order chi connectivity index (χ1) is 24.0. The van der Waals surface area contributed by atoms with Crippen molar-refractivity contribution in [2.75, 3.05) is 144 Å². The topological polar surface area (TPSA) is 122 Å². The molecule has 0 radical (unpaired) electrons. The molecule has 3 aliphatic rings. The van der Waals surface area contributed by atoms with Gasteiger partial charge in [-0.2, -0.15) is 0 Å². The lowest BCUT2D eigenvalue weighted by Crippen LogP contribution is -2.37. The lowest BCUT2D eigenvalue weighted by molar-refractivity contribution is -0.0913. The Morgan fingerprint density at radius 1 is 0.469 bits per heavy atom. The Bertz CT molecular complexity index is 774. The van der Waals surface area contributed by atoms with Crippen molar-refractivity contribution >= 4 is 15.8 Å². The molecule has 3 fully saturated rings. The number of ether oxygens (including phenoxy) is 11. The summed E-state index contributed by atoms with van der Waals surface area (Å²) in [5.74, 6) is 0.539. The summed E-state index contributed by atoms with van der Waals surface area (Å²) in [5.41, 5.74) is 2.18. The van der Waals surface area contributed by atoms with E-state index in [-0.39, 0.29) is 40.8 Å². The van der Waals surface area contributed by atoms with Crippen molar-refractivity contribution in [3.05, 3.63) is 0 Å². The van der Waals surface area contributed by atoms with Crippen LogP contribution in [0.15, 0.2) is 0 Å². The van der Waals surface area contributed by atoms with Crippen molar-refractivity contribution in [1.29, 1.82) is 0 Å². The maximum absolute atomic E-state index is 8.68. The first-order valence-corrected chi connectivity index (χ1v) is 21.9. The average molecular weight is 743 g/mol. The highest BCUT2D eigenvalue weighted by Gasteiger charge is 2.49. The molecule has 14 heteroatoms. The molecule has 12 nitrogen and oxygen atoms in total. The van der Waals surface area contributed by atoms with Crippen LogP contribution < -0.4 is 0 Å². The van der Waals surface area contributed by atoms with Crippen LogP contribution in [0, 0.1) is 5.92 Å². The van der Waals surface area contributed by atoms with Crippen LogP contribution in [0.5, 0.6) is 0 Å². The molecule has 0 amide bonds. The van der Waals surface area contributed by atoms with Crippen molar-refractivity contribution in [3.8, 4) is 0 Å². The fourth-order valence-electron chi connectivity index (χ4n) is 7.00. The zero-order valence-electron chi connectivity index (χ0n) is 31.0. The summed E-state index contributed by atoms with van der Waals surface area (Å²) in [5, 5.41) is 8.68. The van der Waals surface area contributed by atoms with E-state index in [1.165, 1.54) is 12.3 Å². The van der Waals surface area contributed by atoms with Gasteiger partial charge >= 0.3 is 0 Å². The minimum absolute atomic E-state index is 0.0324. The quantitative estimate of drug-likeness (QED) is 0.164. The van der Waals surface area contributed by atoms with Crippen molar-refractivity contribution in [2.45, 2.75) is 75.6 Å². The third-order valence-corrected chi connectivity index (χ3v) is 17.2. The third-order valence-electron chi connectivity index (χ3n) is 9.82. The highest BCUT2D eigenvalue weighted by molar-refractivity contribution is 7.63. The van der Waals surface area contributed by atoms with Crippen LogP contribution in [-0.4, -0.2) is 191 Å². The molecule has 0 aliphatic carbocycles. The van der Waals surface area contributed by atoms with Gasteiger partial charge in [0.1, 0.15) is 0 Å². The Kier molecular flexibility index (Phi) is 24.2. The van der Waals surface area contributed by atoms with E-state index >= 15 is 0 Å². The first kappa shape index (κ1) is 43.8. The normalized spacial score (nSPS) is 34.4. The van der Waals surface area contributed by atoms with Gasteiger partial charge in [-0.05, 0) is 23.9 Å². The van der Waals surface area contributed by atoms with Gasteiger partial charge in [0.2, 0.25) is 0 Å². The molecule has 0 saturated carbocycles. The van der Waals surface area contributed by atoms with Crippen LogP contribution in [0.25, 0.3) is 0 Å². The van der Waals surface area contributed by atoms with Gasteiger partial charge in [-0.3, -0.25) is 0 Å². The van der Waals surface area contributed by atoms with Crippen LogP contribution in [0.1, 0.15) is 34.6 Å². The van der Waals surface area contributed by atoms with Gasteiger partial charge in [-0.1, -0.05) is 50.5 Å². The van der Waals surface area contributed by atoms with Gasteiger partial charge in [0.05, 0.1) is 150 Å². The standard InChI is InChI=1S/C35H68O12P2/c1-28-29(2)48(30(3)33(28)45-23-20-42-17-14-39-11-10-38-9-8-37-7-6-36)26-27-49-31(4)34-35(32(49)5)47-25-22-44-19-16-41-13-12-40-15-18-43-21-24-46-34/h28-36H,6-27H2,1-5H3/t28-,29+,30+,31+,32+,33+,34-,35-,48?/m1/s1. The molecule has 3 rings (SSSR count). The molecule has 1 unspecified atom stereocenters. The fraction of sp³-hybridized carbons (Fsp3) is 1.00. The molecule has 0 aromatic carbocycles. The predicted octanol–water partition coefficient (Wildman–Crippen LogP) is 3.46. The molecule has 3 saturated heterocycles. The van der Waals surface area contributed by atoms with Gasteiger partial charge in [0.15, 0.2) is 0 Å². The molecule has 290 valence electrons. The van der Waals surface area contributed by atoms with Crippen molar-refractivity contribution < 1.29 is 57.2 Å². The van der Waals surface area contributed by atoms with Gasteiger partial charge in [-0.25, -0.2) is 0 Å². The lowest BCUT2D eigenvalue weighted by Gasteiger charge is -2.28. The van der Waals surface area contributed by atoms with Crippen LogP contribution in [0.3, 0.4) is 0 Å². The number of rotatable bonds is 18. The highest BCUT2D eigenvalue weighted by Crippen LogP contribution is 2.63. The lowest BCUT2D eigenvalue weighted by atomic mass is 10.00. The summed E-state index contributed by atoms with van der Waals surface area (Å²) in [4.78, 5) is 0. The summed E-state index contributed by atoms with van der Waals surface area (Å²) in [6, 6.07) is 0. The Balaban J connectivity index is 1.37. The maximum atomic E-state index is 8.68. The number of hydrogen-bond acceptors (Lipinski definition) is 12. The minimum Gasteiger partial charge on any atom is -0.394 e. The number of hydrogen-bond donors (Lipinski definition) is 1. The summed E-state index contributed by atoms with van der Waals surface area (Å²) in [6.07, 6.45) is 2.96. The van der Waals surface area contributed by atoms with Gasteiger partial charge < -0.3 is 57.2 Å². The molecule has 9 atom stereocenters. The summed E-state index contributed by atoms with van der Waals surface area (Å²) in [7, 11) is -0.411. The van der Waals surface area contributed by atoms with Gasteiger partial charge in [0, 0.05) is 17.0 Å².